The van der Waals surface area contributed by atoms with Crippen LogP contribution in [0.15, 0.2) is 0 Å². The molecule has 23 heavy (non-hydrogen) atoms. The predicted molar refractivity (Wildman–Crippen MR) is 108 cm³/mol. The molecule has 0 nitrogen and oxygen atoms in total. The van der Waals surface area contributed by atoms with Gasteiger partial charge in [-0.05, 0) is 42.9 Å². The molecule has 0 aromatic carbocycles. The van der Waals surface area contributed by atoms with E-state index in [1.807, 2.05) is 0 Å². The van der Waals surface area contributed by atoms with E-state index in [1.54, 1.807) is 0 Å². The fraction of sp³-hybridized carbons (Fsp3) is 1.00. The van der Waals surface area contributed by atoms with E-state index in [4.69, 9.17) is 0 Å². The Morgan fingerprint density at radius 1 is 0.391 bits per heavy atom. The molecule has 0 saturated carbocycles. The third kappa shape index (κ3) is 11.2. The summed E-state index contributed by atoms with van der Waals surface area (Å²) in [6.07, 6.45) is 18.6. The minimum absolute atomic E-state index is 0.983. The van der Waals surface area contributed by atoms with Crippen LogP contribution in [0.2, 0.25) is 0 Å². The zero-order chi connectivity index (χ0) is 17.5. The van der Waals surface area contributed by atoms with Gasteiger partial charge in [-0.3, -0.25) is 0 Å². The van der Waals surface area contributed by atoms with Crippen LogP contribution in [0.3, 0.4) is 0 Å². The third-order valence-corrected chi connectivity index (χ3v) is 5.94. The third-order valence-electron chi connectivity index (χ3n) is 5.94. The Balaban J connectivity index is 4.65. The Kier molecular flexibility index (Phi) is 15.5. The minimum atomic E-state index is 0.983. The molecule has 4 unspecified atom stereocenters. The fourth-order valence-electron chi connectivity index (χ4n) is 4.69. The van der Waals surface area contributed by atoms with E-state index in [-0.39, 0.29) is 0 Å². The van der Waals surface area contributed by atoms with Gasteiger partial charge in [0, 0.05) is 0 Å². The lowest BCUT2D eigenvalue weighted by Gasteiger charge is -2.29. The minimum Gasteiger partial charge on any atom is -0.0654 e. The summed E-state index contributed by atoms with van der Waals surface area (Å²) in [5, 5.41) is 0. The van der Waals surface area contributed by atoms with Crippen molar-refractivity contribution in [2.75, 3.05) is 0 Å². The van der Waals surface area contributed by atoms with Gasteiger partial charge >= 0.3 is 0 Å². The van der Waals surface area contributed by atoms with E-state index >= 15 is 0 Å². The van der Waals surface area contributed by atoms with Crippen molar-refractivity contribution in [3.8, 4) is 0 Å². The SMILES string of the molecule is CCCC(CC)CC(CCC)CC(CCC)CC(CC)CCC. The molecule has 4 atom stereocenters. The van der Waals surface area contributed by atoms with Gasteiger partial charge in [0.2, 0.25) is 0 Å². The average Bonchev–Trinajstić information content (AvgIpc) is 2.54. The van der Waals surface area contributed by atoms with Crippen LogP contribution in [0.1, 0.15) is 125 Å². The first-order chi connectivity index (χ1) is 11.1. The van der Waals surface area contributed by atoms with Crippen molar-refractivity contribution in [1.82, 2.24) is 0 Å². The van der Waals surface area contributed by atoms with Gasteiger partial charge in [0.15, 0.2) is 0 Å². The Morgan fingerprint density at radius 3 is 0.913 bits per heavy atom. The second kappa shape index (κ2) is 15.5. The molecule has 0 aromatic heterocycles. The van der Waals surface area contributed by atoms with Crippen LogP contribution in [0.4, 0.5) is 0 Å². The summed E-state index contributed by atoms with van der Waals surface area (Å²) in [5.41, 5.74) is 0. The topological polar surface area (TPSA) is 0 Å². The van der Waals surface area contributed by atoms with Crippen molar-refractivity contribution >= 4 is 0 Å². The molecule has 0 aliphatic heterocycles. The van der Waals surface area contributed by atoms with Gasteiger partial charge in [-0.2, -0.15) is 0 Å². The van der Waals surface area contributed by atoms with Gasteiger partial charge in [0.05, 0.1) is 0 Å². The van der Waals surface area contributed by atoms with E-state index in [2.05, 4.69) is 41.5 Å². The van der Waals surface area contributed by atoms with Gasteiger partial charge in [-0.15, -0.1) is 0 Å². The van der Waals surface area contributed by atoms with Crippen LogP contribution < -0.4 is 0 Å². The molecule has 0 rings (SSSR count). The Labute approximate surface area is 149 Å². The van der Waals surface area contributed by atoms with E-state index in [9.17, 15) is 0 Å². The average molecular weight is 325 g/mol. The van der Waals surface area contributed by atoms with Crippen LogP contribution in [0, 0.1) is 23.7 Å². The van der Waals surface area contributed by atoms with E-state index in [1.165, 1.54) is 83.5 Å². The molecule has 0 heterocycles. The Morgan fingerprint density at radius 2 is 0.652 bits per heavy atom. The van der Waals surface area contributed by atoms with Gasteiger partial charge in [0.25, 0.3) is 0 Å². The quantitative estimate of drug-likeness (QED) is 0.266. The molecule has 0 bridgehead atoms. The smallest absolute Gasteiger partial charge is 0.0409 e. The number of hydrogen-bond acceptors (Lipinski definition) is 0. The maximum absolute atomic E-state index is 2.40. The van der Waals surface area contributed by atoms with Gasteiger partial charge in [-0.25, -0.2) is 0 Å². The van der Waals surface area contributed by atoms with Crippen LogP contribution in [0.25, 0.3) is 0 Å². The fourth-order valence-corrected chi connectivity index (χ4v) is 4.69. The highest BCUT2D eigenvalue weighted by molar-refractivity contribution is 4.73. The lowest BCUT2D eigenvalue weighted by Crippen LogP contribution is -2.16. The summed E-state index contributed by atoms with van der Waals surface area (Å²) in [4.78, 5) is 0. The molecule has 0 radical (unpaired) electrons. The van der Waals surface area contributed by atoms with E-state index in [0.717, 1.165) is 23.7 Å². The highest BCUT2D eigenvalue weighted by Gasteiger charge is 2.21. The first kappa shape index (κ1) is 23.0. The first-order valence-corrected chi connectivity index (χ1v) is 11.1. The largest absolute Gasteiger partial charge is 0.0654 e. The molecule has 0 fully saturated rings. The van der Waals surface area contributed by atoms with Crippen molar-refractivity contribution in [3.63, 3.8) is 0 Å². The first-order valence-electron chi connectivity index (χ1n) is 11.1. The summed E-state index contributed by atoms with van der Waals surface area (Å²) in [6.45, 7) is 14.3. The van der Waals surface area contributed by atoms with Crippen molar-refractivity contribution in [3.05, 3.63) is 0 Å². The maximum Gasteiger partial charge on any atom is -0.0409 e. The van der Waals surface area contributed by atoms with Crippen molar-refractivity contribution < 1.29 is 0 Å². The molecule has 0 saturated heterocycles. The molecule has 0 aromatic rings. The van der Waals surface area contributed by atoms with Crippen LogP contribution >= 0.6 is 0 Å². The van der Waals surface area contributed by atoms with Crippen molar-refractivity contribution in [1.29, 1.82) is 0 Å². The maximum atomic E-state index is 2.40. The van der Waals surface area contributed by atoms with Crippen molar-refractivity contribution in [2.24, 2.45) is 23.7 Å². The van der Waals surface area contributed by atoms with Crippen molar-refractivity contribution in [2.45, 2.75) is 125 Å². The lowest BCUT2D eigenvalue weighted by molar-refractivity contribution is 0.232. The highest BCUT2D eigenvalue weighted by Crippen LogP contribution is 2.34. The molecule has 0 N–H and O–H groups in total. The molecule has 140 valence electrons. The second-order valence-electron chi connectivity index (χ2n) is 8.14. The summed E-state index contributed by atoms with van der Waals surface area (Å²) in [5.74, 6) is 3.95. The molecular weight excluding hydrogens is 276 g/mol. The van der Waals surface area contributed by atoms with Gasteiger partial charge in [-0.1, -0.05) is 106 Å². The molecule has 0 spiro atoms. The summed E-state index contributed by atoms with van der Waals surface area (Å²) in [6, 6.07) is 0. The molecule has 0 heteroatoms. The number of hydrogen-bond donors (Lipinski definition) is 0. The van der Waals surface area contributed by atoms with Gasteiger partial charge in [0.1, 0.15) is 0 Å². The normalized spacial score (nSPS) is 17.0. The second-order valence-corrected chi connectivity index (χ2v) is 8.14. The molecule has 0 amide bonds. The van der Waals surface area contributed by atoms with Crippen LogP contribution in [-0.4, -0.2) is 0 Å². The Bertz CT molecular complexity index is 208. The van der Waals surface area contributed by atoms with Crippen LogP contribution in [-0.2, 0) is 0 Å². The zero-order valence-electron chi connectivity index (χ0n) is 17.5. The summed E-state index contributed by atoms with van der Waals surface area (Å²) >= 11 is 0. The highest BCUT2D eigenvalue weighted by atomic mass is 14.3. The zero-order valence-corrected chi connectivity index (χ0v) is 17.5. The summed E-state index contributed by atoms with van der Waals surface area (Å²) in [7, 11) is 0. The number of rotatable bonds is 16. The van der Waals surface area contributed by atoms with Crippen LogP contribution in [0.5, 0.6) is 0 Å². The monoisotopic (exact) mass is 324 g/mol. The summed E-state index contributed by atoms with van der Waals surface area (Å²) < 4.78 is 0. The molecule has 0 aliphatic rings. The predicted octanol–water partition coefficient (Wildman–Crippen LogP) is 8.64. The van der Waals surface area contributed by atoms with E-state index < -0.39 is 0 Å². The van der Waals surface area contributed by atoms with Gasteiger partial charge < -0.3 is 0 Å². The molecular formula is C23H48. The standard InChI is InChI=1S/C23H48/c1-7-13-20(11-5)17-22(15-9-3)19-23(16-10-4)18-21(12-6)14-8-2/h20-23H,7-19H2,1-6H3. The molecule has 0 aliphatic carbocycles. The Hall–Kier alpha value is 0. The lowest BCUT2D eigenvalue weighted by atomic mass is 9.77. The van der Waals surface area contributed by atoms with E-state index in [0.29, 0.717) is 0 Å².